The van der Waals surface area contributed by atoms with Crippen LogP contribution in [0.2, 0.25) is 5.02 Å². The van der Waals surface area contributed by atoms with E-state index >= 15 is 0 Å². The van der Waals surface area contributed by atoms with Crippen molar-refractivity contribution in [2.75, 3.05) is 13.2 Å². The Kier molecular flexibility index (Phi) is 6.96. The van der Waals surface area contributed by atoms with Crippen molar-refractivity contribution < 1.29 is 4.74 Å². The Morgan fingerprint density at radius 2 is 2.16 bits per heavy atom. The molecule has 0 bridgehead atoms. The number of benzene rings is 1. The van der Waals surface area contributed by atoms with E-state index < -0.39 is 0 Å². The van der Waals surface area contributed by atoms with E-state index in [0.717, 1.165) is 29.3 Å². The maximum absolute atomic E-state index is 6.08. The third kappa shape index (κ3) is 5.66. The minimum atomic E-state index is 0.236. The number of rotatable bonds is 7. The quantitative estimate of drug-likeness (QED) is 0.729. The zero-order chi connectivity index (χ0) is 14.3. The van der Waals surface area contributed by atoms with Gasteiger partial charge in [-0.3, -0.25) is 0 Å². The maximum Gasteiger partial charge on any atom is 0.124 e. The van der Waals surface area contributed by atoms with E-state index in [1.165, 1.54) is 5.57 Å². The molecule has 1 N–H and O–H groups in total. The smallest absolute Gasteiger partial charge is 0.124 e. The number of ether oxygens (including phenoxy) is 1. The number of hydrogen-bond donors (Lipinski definition) is 1. The van der Waals surface area contributed by atoms with Crippen LogP contribution in [0.3, 0.4) is 0 Å². The molecule has 0 saturated carbocycles. The summed E-state index contributed by atoms with van der Waals surface area (Å²) < 4.78 is 5.83. The van der Waals surface area contributed by atoms with Crippen molar-refractivity contribution in [2.24, 2.45) is 0 Å². The average Bonchev–Trinajstić information content (AvgIpc) is 2.37. The van der Waals surface area contributed by atoms with Crippen molar-refractivity contribution in [3.63, 3.8) is 0 Å². The Hall–Kier alpha value is -0.990. The van der Waals surface area contributed by atoms with Gasteiger partial charge in [0.05, 0.1) is 0 Å². The van der Waals surface area contributed by atoms with Gasteiger partial charge in [-0.05, 0) is 58.0 Å². The second-order valence-corrected chi connectivity index (χ2v) is 5.39. The summed E-state index contributed by atoms with van der Waals surface area (Å²) in [6.07, 6.45) is 3.18. The summed E-state index contributed by atoms with van der Waals surface area (Å²) in [4.78, 5) is 0. The zero-order valence-electron chi connectivity index (χ0n) is 12.3. The predicted octanol–water partition coefficient (Wildman–Crippen LogP) is 4.75. The van der Waals surface area contributed by atoms with Crippen LogP contribution in [-0.2, 0) is 0 Å². The lowest BCUT2D eigenvalue weighted by Gasteiger charge is -2.18. The first kappa shape index (κ1) is 16.1. The standard InChI is InChI=1S/C16H24ClNO/c1-5-9-18-13(4)15-11-14(17)6-7-16(15)19-10-8-12(2)3/h6-8,11,13,18H,5,9-10H2,1-4H3. The second-order valence-electron chi connectivity index (χ2n) is 4.95. The summed E-state index contributed by atoms with van der Waals surface area (Å²) in [7, 11) is 0. The van der Waals surface area contributed by atoms with Gasteiger partial charge in [-0.2, -0.15) is 0 Å². The van der Waals surface area contributed by atoms with Gasteiger partial charge in [0.15, 0.2) is 0 Å². The molecule has 0 spiro atoms. The SMILES string of the molecule is CCCNC(C)c1cc(Cl)ccc1OCC=C(C)C. The van der Waals surface area contributed by atoms with Crippen LogP contribution >= 0.6 is 11.6 Å². The molecule has 1 aromatic rings. The molecular formula is C16H24ClNO. The summed E-state index contributed by atoms with van der Waals surface area (Å²) in [5, 5.41) is 4.21. The normalized spacial score (nSPS) is 12.1. The summed E-state index contributed by atoms with van der Waals surface area (Å²) in [5.41, 5.74) is 2.37. The van der Waals surface area contributed by atoms with Crippen LogP contribution in [0.15, 0.2) is 29.8 Å². The average molecular weight is 282 g/mol. The molecule has 3 heteroatoms. The molecule has 1 aromatic carbocycles. The fourth-order valence-corrected chi connectivity index (χ4v) is 1.94. The monoisotopic (exact) mass is 281 g/mol. The van der Waals surface area contributed by atoms with Gasteiger partial charge in [-0.25, -0.2) is 0 Å². The van der Waals surface area contributed by atoms with E-state index in [1.54, 1.807) is 0 Å². The second kappa shape index (κ2) is 8.23. The van der Waals surface area contributed by atoms with Crippen LogP contribution in [0.5, 0.6) is 5.75 Å². The van der Waals surface area contributed by atoms with Gasteiger partial charge >= 0.3 is 0 Å². The number of hydrogen-bond acceptors (Lipinski definition) is 2. The van der Waals surface area contributed by atoms with Crippen LogP contribution in [0.1, 0.15) is 45.7 Å². The van der Waals surface area contributed by atoms with Crippen molar-refractivity contribution in [3.05, 3.63) is 40.4 Å². The van der Waals surface area contributed by atoms with Gasteiger partial charge in [-0.15, -0.1) is 0 Å². The molecule has 1 rings (SSSR count). The third-order valence-corrected chi connectivity index (χ3v) is 3.10. The lowest BCUT2D eigenvalue weighted by molar-refractivity contribution is 0.353. The molecule has 0 radical (unpaired) electrons. The Bertz CT molecular complexity index is 425. The zero-order valence-corrected chi connectivity index (χ0v) is 13.1. The van der Waals surface area contributed by atoms with Gasteiger partial charge in [0.25, 0.3) is 0 Å². The molecule has 19 heavy (non-hydrogen) atoms. The minimum Gasteiger partial charge on any atom is -0.489 e. The highest BCUT2D eigenvalue weighted by atomic mass is 35.5. The molecule has 0 saturated heterocycles. The number of nitrogens with one attached hydrogen (secondary N) is 1. The van der Waals surface area contributed by atoms with Crippen LogP contribution in [0.25, 0.3) is 0 Å². The molecule has 1 unspecified atom stereocenters. The molecule has 0 fully saturated rings. The lowest BCUT2D eigenvalue weighted by Crippen LogP contribution is -2.20. The Morgan fingerprint density at radius 3 is 2.79 bits per heavy atom. The Labute approximate surface area is 121 Å². The number of halogens is 1. The first-order valence-electron chi connectivity index (χ1n) is 6.83. The molecule has 1 atom stereocenters. The van der Waals surface area contributed by atoms with E-state index in [4.69, 9.17) is 16.3 Å². The molecule has 0 amide bonds. The molecule has 0 aliphatic carbocycles. The maximum atomic E-state index is 6.08. The predicted molar refractivity (Wildman–Crippen MR) is 83.1 cm³/mol. The third-order valence-electron chi connectivity index (χ3n) is 2.87. The van der Waals surface area contributed by atoms with Crippen molar-refractivity contribution in [1.29, 1.82) is 0 Å². The van der Waals surface area contributed by atoms with E-state index in [1.807, 2.05) is 18.2 Å². The summed E-state index contributed by atoms with van der Waals surface area (Å²) in [6.45, 7) is 10.0. The van der Waals surface area contributed by atoms with Crippen LogP contribution in [0.4, 0.5) is 0 Å². The van der Waals surface area contributed by atoms with Crippen LogP contribution in [-0.4, -0.2) is 13.2 Å². The van der Waals surface area contributed by atoms with Gasteiger partial charge in [0.1, 0.15) is 12.4 Å². The molecule has 0 aliphatic rings. The molecule has 0 aliphatic heterocycles. The summed E-state index contributed by atoms with van der Waals surface area (Å²) in [5.74, 6) is 0.901. The largest absolute Gasteiger partial charge is 0.489 e. The van der Waals surface area contributed by atoms with Gasteiger partial charge in [0, 0.05) is 16.6 Å². The summed E-state index contributed by atoms with van der Waals surface area (Å²) in [6, 6.07) is 6.03. The molecule has 2 nitrogen and oxygen atoms in total. The summed E-state index contributed by atoms with van der Waals surface area (Å²) >= 11 is 6.08. The van der Waals surface area contributed by atoms with Gasteiger partial charge < -0.3 is 10.1 Å². The molecule has 106 valence electrons. The van der Waals surface area contributed by atoms with Crippen molar-refractivity contribution in [3.8, 4) is 5.75 Å². The van der Waals surface area contributed by atoms with Crippen molar-refractivity contribution in [2.45, 2.75) is 40.2 Å². The van der Waals surface area contributed by atoms with E-state index in [9.17, 15) is 0 Å². The first-order chi connectivity index (χ1) is 9.04. The van der Waals surface area contributed by atoms with Gasteiger partial charge in [-0.1, -0.05) is 24.1 Å². The van der Waals surface area contributed by atoms with E-state index in [0.29, 0.717) is 6.61 Å². The van der Waals surface area contributed by atoms with Crippen LogP contribution in [0, 0.1) is 0 Å². The Balaban J connectivity index is 2.81. The molecular weight excluding hydrogens is 258 g/mol. The highest BCUT2D eigenvalue weighted by Crippen LogP contribution is 2.28. The fraction of sp³-hybridized carbons (Fsp3) is 0.500. The van der Waals surface area contributed by atoms with E-state index in [-0.39, 0.29) is 6.04 Å². The lowest BCUT2D eigenvalue weighted by atomic mass is 10.1. The van der Waals surface area contributed by atoms with Crippen molar-refractivity contribution in [1.82, 2.24) is 5.32 Å². The fourth-order valence-electron chi connectivity index (χ4n) is 1.76. The highest BCUT2D eigenvalue weighted by Gasteiger charge is 2.11. The minimum absolute atomic E-state index is 0.236. The first-order valence-corrected chi connectivity index (χ1v) is 7.21. The van der Waals surface area contributed by atoms with Gasteiger partial charge in [0.2, 0.25) is 0 Å². The number of allylic oxidation sites excluding steroid dienone is 1. The molecule has 0 heterocycles. The van der Waals surface area contributed by atoms with Crippen LogP contribution < -0.4 is 10.1 Å². The van der Waals surface area contributed by atoms with E-state index in [2.05, 4.69) is 39.1 Å². The Morgan fingerprint density at radius 1 is 1.42 bits per heavy atom. The highest BCUT2D eigenvalue weighted by molar-refractivity contribution is 6.30. The topological polar surface area (TPSA) is 21.3 Å². The molecule has 0 aromatic heterocycles. The van der Waals surface area contributed by atoms with Crippen molar-refractivity contribution >= 4 is 11.6 Å².